The van der Waals surface area contributed by atoms with Crippen molar-refractivity contribution in [2.75, 3.05) is 17.2 Å². The van der Waals surface area contributed by atoms with E-state index in [1.807, 2.05) is 0 Å². The molecule has 0 saturated carbocycles. The molecule has 0 unspecified atom stereocenters. The monoisotopic (exact) mass is 400 g/mol. The predicted molar refractivity (Wildman–Crippen MR) is 103 cm³/mol. The summed E-state index contributed by atoms with van der Waals surface area (Å²) in [7, 11) is 0. The minimum atomic E-state index is -0.578. The number of amides is 3. The highest BCUT2D eigenvalue weighted by Crippen LogP contribution is 2.15. The second-order valence-corrected chi connectivity index (χ2v) is 6.47. The van der Waals surface area contributed by atoms with E-state index in [2.05, 4.69) is 15.7 Å². The molecule has 0 bridgehead atoms. The molecular formula is C20H18F2N4O3. The van der Waals surface area contributed by atoms with Gasteiger partial charge in [-0.3, -0.25) is 14.4 Å². The third-order valence-corrected chi connectivity index (χ3v) is 4.22. The smallest absolute Gasteiger partial charge is 0.271 e. The number of benzene rings is 2. The quantitative estimate of drug-likeness (QED) is 0.809. The SMILES string of the molecule is Cc1ccc(NC(=O)CN2N=C(C(=O)Nc3ccc(F)cc3)CCC2=O)cc1F. The Hall–Kier alpha value is -3.62. The highest BCUT2D eigenvalue weighted by atomic mass is 19.1. The normalized spacial score (nSPS) is 13.7. The fourth-order valence-electron chi connectivity index (χ4n) is 2.63. The molecule has 150 valence electrons. The number of carbonyl (C=O) groups is 3. The average Bonchev–Trinajstić information content (AvgIpc) is 2.68. The summed E-state index contributed by atoms with van der Waals surface area (Å²) in [5.41, 5.74) is 1.14. The van der Waals surface area contributed by atoms with E-state index in [0.717, 1.165) is 5.01 Å². The maximum atomic E-state index is 13.6. The number of nitrogens with one attached hydrogen (secondary N) is 2. The van der Waals surface area contributed by atoms with E-state index in [1.54, 1.807) is 13.0 Å². The van der Waals surface area contributed by atoms with Crippen molar-refractivity contribution >= 4 is 34.8 Å². The molecule has 1 aliphatic rings. The van der Waals surface area contributed by atoms with Crippen LogP contribution in [0, 0.1) is 18.6 Å². The van der Waals surface area contributed by atoms with Crippen molar-refractivity contribution in [3.8, 4) is 0 Å². The minimum absolute atomic E-state index is 0.0160. The highest BCUT2D eigenvalue weighted by Gasteiger charge is 2.26. The van der Waals surface area contributed by atoms with Crippen LogP contribution in [0.25, 0.3) is 0 Å². The average molecular weight is 400 g/mol. The number of hydrogen-bond donors (Lipinski definition) is 2. The number of carbonyl (C=O) groups excluding carboxylic acids is 3. The molecule has 0 fully saturated rings. The zero-order chi connectivity index (χ0) is 21.0. The van der Waals surface area contributed by atoms with Gasteiger partial charge >= 0.3 is 0 Å². The molecule has 9 heteroatoms. The van der Waals surface area contributed by atoms with Gasteiger partial charge in [0.2, 0.25) is 11.8 Å². The number of nitrogens with zero attached hydrogens (tertiary/aromatic N) is 2. The third-order valence-electron chi connectivity index (χ3n) is 4.22. The highest BCUT2D eigenvalue weighted by molar-refractivity contribution is 6.43. The van der Waals surface area contributed by atoms with Crippen molar-refractivity contribution in [1.82, 2.24) is 5.01 Å². The Morgan fingerprint density at radius 3 is 2.41 bits per heavy atom. The Labute approximate surface area is 165 Å². The lowest BCUT2D eigenvalue weighted by molar-refractivity contribution is -0.135. The van der Waals surface area contributed by atoms with Gasteiger partial charge in [0.1, 0.15) is 23.9 Å². The maximum Gasteiger partial charge on any atom is 0.271 e. The van der Waals surface area contributed by atoms with Crippen molar-refractivity contribution < 1.29 is 23.2 Å². The largest absolute Gasteiger partial charge is 0.324 e. The molecule has 3 amide bonds. The van der Waals surface area contributed by atoms with Crippen LogP contribution in [0.5, 0.6) is 0 Å². The van der Waals surface area contributed by atoms with E-state index in [4.69, 9.17) is 0 Å². The Morgan fingerprint density at radius 2 is 1.72 bits per heavy atom. The van der Waals surface area contributed by atoms with Gasteiger partial charge in [0.05, 0.1) is 0 Å². The fraction of sp³-hybridized carbons (Fsp3) is 0.200. The summed E-state index contributed by atoms with van der Waals surface area (Å²) in [6, 6.07) is 9.43. The van der Waals surface area contributed by atoms with Crippen molar-refractivity contribution in [1.29, 1.82) is 0 Å². The van der Waals surface area contributed by atoms with Crippen LogP contribution < -0.4 is 10.6 Å². The fourth-order valence-corrected chi connectivity index (χ4v) is 2.63. The standard InChI is InChI=1S/C20H18F2N4O3/c1-12-2-5-15(10-16(12)22)23-18(27)11-26-19(28)9-8-17(25-26)20(29)24-14-6-3-13(21)4-7-14/h2-7,10H,8-9,11H2,1H3,(H,23,27)(H,24,29). The number of aryl methyl sites for hydroxylation is 1. The summed E-state index contributed by atoms with van der Waals surface area (Å²) < 4.78 is 26.5. The Kier molecular flexibility index (Phi) is 5.96. The van der Waals surface area contributed by atoms with Crippen molar-refractivity contribution in [3.05, 3.63) is 59.7 Å². The molecule has 1 heterocycles. The summed E-state index contributed by atoms with van der Waals surface area (Å²) >= 11 is 0. The molecule has 1 aliphatic heterocycles. The number of halogens is 2. The second-order valence-electron chi connectivity index (χ2n) is 6.47. The first-order chi connectivity index (χ1) is 13.8. The van der Waals surface area contributed by atoms with Crippen LogP contribution in [0.4, 0.5) is 20.2 Å². The summed E-state index contributed by atoms with van der Waals surface area (Å²) in [6.45, 7) is 1.18. The molecule has 2 N–H and O–H groups in total. The van der Waals surface area contributed by atoms with Gasteiger partial charge in [-0.1, -0.05) is 6.07 Å². The molecule has 0 atom stereocenters. The van der Waals surface area contributed by atoms with Crippen LogP contribution in [0.1, 0.15) is 18.4 Å². The van der Waals surface area contributed by atoms with Gasteiger partial charge in [0.25, 0.3) is 5.91 Å². The Balaban J connectivity index is 1.65. The number of rotatable bonds is 5. The van der Waals surface area contributed by atoms with E-state index in [0.29, 0.717) is 11.3 Å². The molecule has 0 aromatic heterocycles. The molecule has 0 saturated heterocycles. The summed E-state index contributed by atoms with van der Waals surface area (Å²) in [5.74, 6) is -2.43. The van der Waals surface area contributed by atoms with Gasteiger partial charge in [-0.15, -0.1) is 0 Å². The second kappa shape index (κ2) is 8.59. The lowest BCUT2D eigenvalue weighted by Crippen LogP contribution is -2.40. The van der Waals surface area contributed by atoms with Crippen molar-refractivity contribution in [2.45, 2.75) is 19.8 Å². The number of hydrazone groups is 1. The van der Waals surface area contributed by atoms with Crippen LogP contribution in [0.2, 0.25) is 0 Å². The summed E-state index contributed by atoms with van der Waals surface area (Å²) in [5, 5.41) is 9.93. The summed E-state index contributed by atoms with van der Waals surface area (Å²) in [6.07, 6.45) is 0.134. The number of hydrogen-bond acceptors (Lipinski definition) is 4. The van der Waals surface area contributed by atoms with Crippen molar-refractivity contribution in [3.63, 3.8) is 0 Å². The van der Waals surface area contributed by atoms with Gasteiger partial charge in [-0.25, -0.2) is 13.8 Å². The lowest BCUT2D eigenvalue weighted by Gasteiger charge is -2.22. The van der Waals surface area contributed by atoms with Gasteiger partial charge < -0.3 is 10.6 Å². The molecule has 3 rings (SSSR count). The first-order valence-corrected chi connectivity index (χ1v) is 8.82. The van der Waals surface area contributed by atoms with Gasteiger partial charge in [0, 0.05) is 24.2 Å². The van der Waals surface area contributed by atoms with Crippen LogP contribution >= 0.6 is 0 Å². The van der Waals surface area contributed by atoms with E-state index >= 15 is 0 Å². The zero-order valence-electron chi connectivity index (χ0n) is 15.5. The third kappa shape index (κ3) is 5.22. The zero-order valence-corrected chi connectivity index (χ0v) is 15.5. The van der Waals surface area contributed by atoms with E-state index in [9.17, 15) is 23.2 Å². The van der Waals surface area contributed by atoms with E-state index in [1.165, 1.54) is 36.4 Å². The topological polar surface area (TPSA) is 90.9 Å². The van der Waals surface area contributed by atoms with Crippen molar-refractivity contribution in [2.24, 2.45) is 5.10 Å². The van der Waals surface area contributed by atoms with Gasteiger partial charge in [-0.2, -0.15) is 5.10 Å². The van der Waals surface area contributed by atoms with Gasteiger partial charge in [-0.05, 0) is 48.9 Å². The lowest BCUT2D eigenvalue weighted by atomic mass is 10.1. The predicted octanol–water partition coefficient (Wildman–Crippen LogP) is 2.83. The van der Waals surface area contributed by atoms with Crippen LogP contribution in [0.15, 0.2) is 47.6 Å². The number of anilines is 2. The molecule has 2 aromatic rings. The van der Waals surface area contributed by atoms with Crippen LogP contribution in [-0.4, -0.2) is 35.0 Å². The molecule has 0 radical (unpaired) electrons. The first kappa shape index (κ1) is 20.1. The molecular weight excluding hydrogens is 382 g/mol. The van der Waals surface area contributed by atoms with Crippen LogP contribution in [-0.2, 0) is 14.4 Å². The summed E-state index contributed by atoms with van der Waals surface area (Å²) in [4.78, 5) is 36.6. The first-order valence-electron chi connectivity index (χ1n) is 8.82. The molecule has 2 aromatic carbocycles. The molecule has 29 heavy (non-hydrogen) atoms. The van der Waals surface area contributed by atoms with E-state index in [-0.39, 0.29) is 24.2 Å². The van der Waals surface area contributed by atoms with Crippen LogP contribution in [0.3, 0.4) is 0 Å². The Bertz CT molecular complexity index is 990. The molecule has 7 nitrogen and oxygen atoms in total. The Morgan fingerprint density at radius 1 is 1.03 bits per heavy atom. The van der Waals surface area contributed by atoms with E-state index < -0.39 is 35.9 Å². The molecule has 0 aliphatic carbocycles. The van der Waals surface area contributed by atoms with Gasteiger partial charge in [0.15, 0.2) is 0 Å². The maximum absolute atomic E-state index is 13.6. The molecule has 0 spiro atoms. The minimum Gasteiger partial charge on any atom is -0.324 e.